The third-order valence-corrected chi connectivity index (χ3v) is 4.62. The van der Waals surface area contributed by atoms with Crippen LogP contribution in [-0.2, 0) is 14.3 Å². The lowest BCUT2D eigenvalue weighted by Crippen LogP contribution is -2.41. The number of carbonyl (C=O) groups excluding carboxylic acids is 1. The Bertz CT molecular complexity index is 333. The number of amides is 1. The molecule has 5 heteroatoms. The SMILES string of the molecule is O=C(NCC(C(=O)O)C1CCCCC1)C1CCOCC1. The van der Waals surface area contributed by atoms with Crippen molar-refractivity contribution in [2.45, 2.75) is 44.9 Å². The van der Waals surface area contributed by atoms with Gasteiger partial charge in [0.05, 0.1) is 5.92 Å². The summed E-state index contributed by atoms with van der Waals surface area (Å²) < 4.78 is 5.23. The monoisotopic (exact) mass is 283 g/mol. The average Bonchev–Trinajstić information content (AvgIpc) is 2.49. The van der Waals surface area contributed by atoms with Crippen molar-refractivity contribution >= 4 is 11.9 Å². The molecule has 0 radical (unpaired) electrons. The molecule has 1 heterocycles. The van der Waals surface area contributed by atoms with Crippen molar-refractivity contribution in [3.8, 4) is 0 Å². The van der Waals surface area contributed by atoms with Crippen molar-refractivity contribution < 1.29 is 19.4 Å². The average molecular weight is 283 g/mol. The molecular weight excluding hydrogens is 258 g/mol. The predicted octanol–water partition coefficient (Wildman–Crippen LogP) is 1.81. The minimum atomic E-state index is -0.774. The van der Waals surface area contributed by atoms with Crippen molar-refractivity contribution in [2.24, 2.45) is 17.8 Å². The lowest BCUT2D eigenvalue weighted by molar-refractivity contribution is -0.144. The maximum absolute atomic E-state index is 12.0. The van der Waals surface area contributed by atoms with Crippen LogP contribution in [0.15, 0.2) is 0 Å². The van der Waals surface area contributed by atoms with Gasteiger partial charge in [-0.15, -0.1) is 0 Å². The molecular formula is C15H25NO4. The van der Waals surface area contributed by atoms with E-state index in [9.17, 15) is 14.7 Å². The van der Waals surface area contributed by atoms with Gasteiger partial charge in [0.2, 0.25) is 5.91 Å². The molecule has 1 saturated carbocycles. The molecule has 5 nitrogen and oxygen atoms in total. The number of aliphatic carboxylic acids is 1. The first-order valence-corrected chi connectivity index (χ1v) is 7.76. The van der Waals surface area contributed by atoms with Gasteiger partial charge in [0, 0.05) is 25.7 Å². The normalized spacial score (nSPS) is 23.2. The van der Waals surface area contributed by atoms with E-state index in [1.54, 1.807) is 0 Å². The lowest BCUT2D eigenvalue weighted by Gasteiger charge is -2.28. The summed E-state index contributed by atoms with van der Waals surface area (Å²) in [4.78, 5) is 23.5. The Morgan fingerprint density at radius 3 is 2.35 bits per heavy atom. The summed E-state index contributed by atoms with van der Waals surface area (Å²) in [6, 6.07) is 0. The van der Waals surface area contributed by atoms with Crippen LogP contribution in [0.2, 0.25) is 0 Å². The summed E-state index contributed by atoms with van der Waals surface area (Å²) in [6.07, 6.45) is 6.87. The summed E-state index contributed by atoms with van der Waals surface area (Å²) in [5.41, 5.74) is 0. The zero-order valence-electron chi connectivity index (χ0n) is 12.0. The maximum Gasteiger partial charge on any atom is 0.308 e. The van der Waals surface area contributed by atoms with Gasteiger partial charge in [-0.05, 0) is 31.6 Å². The molecule has 114 valence electrons. The van der Waals surface area contributed by atoms with Crippen LogP contribution >= 0.6 is 0 Å². The summed E-state index contributed by atoms with van der Waals surface area (Å²) >= 11 is 0. The summed E-state index contributed by atoms with van der Waals surface area (Å²) in [5.74, 6) is -1.00. The van der Waals surface area contributed by atoms with E-state index in [0.29, 0.717) is 13.2 Å². The zero-order chi connectivity index (χ0) is 14.4. The zero-order valence-corrected chi connectivity index (χ0v) is 12.0. The number of hydrogen-bond donors (Lipinski definition) is 2. The first kappa shape index (κ1) is 15.3. The molecule has 1 atom stereocenters. The molecule has 1 amide bonds. The highest BCUT2D eigenvalue weighted by molar-refractivity contribution is 5.79. The van der Waals surface area contributed by atoms with E-state index in [4.69, 9.17) is 4.74 Å². The Labute approximate surface area is 120 Å². The largest absolute Gasteiger partial charge is 0.481 e. The van der Waals surface area contributed by atoms with Crippen LogP contribution in [0.3, 0.4) is 0 Å². The molecule has 1 saturated heterocycles. The van der Waals surface area contributed by atoms with Crippen LogP contribution in [0.1, 0.15) is 44.9 Å². The molecule has 0 bridgehead atoms. The van der Waals surface area contributed by atoms with Crippen LogP contribution in [0.4, 0.5) is 0 Å². The molecule has 0 spiro atoms. The second-order valence-corrected chi connectivity index (χ2v) is 5.97. The van der Waals surface area contributed by atoms with E-state index in [1.807, 2.05) is 0 Å². The van der Waals surface area contributed by atoms with Gasteiger partial charge in [0.15, 0.2) is 0 Å². The van der Waals surface area contributed by atoms with Crippen LogP contribution in [0.25, 0.3) is 0 Å². The third-order valence-electron chi connectivity index (χ3n) is 4.62. The lowest BCUT2D eigenvalue weighted by atomic mass is 9.80. The van der Waals surface area contributed by atoms with Gasteiger partial charge in [0.25, 0.3) is 0 Å². The van der Waals surface area contributed by atoms with Crippen molar-refractivity contribution in [3.63, 3.8) is 0 Å². The fraction of sp³-hybridized carbons (Fsp3) is 0.867. The predicted molar refractivity (Wildman–Crippen MR) is 74.3 cm³/mol. The number of rotatable bonds is 5. The highest BCUT2D eigenvalue weighted by Crippen LogP contribution is 2.30. The van der Waals surface area contributed by atoms with Crippen molar-refractivity contribution in [1.29, 1.82) is 0 Å². The van der Waals surface area contributed by atoms with Gasteiger partial charge < -0.3 is 15.2 Å². The minimum absolute atomic E-state index is 0.00430. The van der Waals surface area contributed by atoms with Crippen molar-refractivity contribution in [3.05, 3.63) is 0 Å². The molecule has 1 aliphatic heterocycles. The summed E-state index contributed by atoms with van der Waals surface area (Å²) in [6.45, 7) is 1.53. The van der Waals surface area contributed by atoms with Crippen LogP contribution in [0.5, 0.6) is 0 Å². The highest BCUT2D eigenvalue weighted by atomic mass is 16.5. The van der Waals surface area contributed by atoms with Gasteiger partial charge in [-0.3, -0.25) is 9.59 Å². The van der Waals surface area contributed by atoms with E-state index < -0.39 is 11.9 Å². The first-order chi connectivity index (χ1) is 9.68. The van der Waals surface area contributed by atoms with Gasteiger partial charge >= 0.3 is 5.97 Å². The van der Waals surface area contributed by atoms with E-state index in [2.05, 4.69) is 5.32 Å². The number of hydrogen-bond acceptors (Lipinski definition) is 3. The molecule has 1 aliphatic carbocycles. The van der Waals surface area contributed by atoms with Crippen molar-refractivity contribution in [2.75, 3.05) is 19.8 Å². The number of ether oxygens (including phenoxy) is 1. The fourth-order valence-corrected chi connectivity index (χ4v) is 3.31. The summed E-state index contributed by atoms with van der Waals surface area (Å²) in [5, 5.41) is 12.2. The molecule has 1 unspecified atom stereocenters. The standard InChI is InChI=1S/C15H25NO4/c17-14(12-6-8-20-9-7-12)16-10-13(15(18)19)11-4-2-1-3-5-11/h11-13H,1-10H2,(H,16,17)(H,18,19). The molecule has 0 aromatic carbocycles. The van der Waals surface area contributed by atoms with E-state index in [0.717, 1.165) is 38.5 Å². The van der Waals surface area contributed by atoms with Crippen LogP contribution in [-0.4, -0.2) is 36.7 Å². The van der Waals surface area contributed by atoms with Gasteiger partial charge in [-0.25, -0.2) is 0 Å². The number of carboxylic acids is 1. The van der Waals surface area contributed by atoms with Crippen LogP contribution < -0.4 is 5.32 Å². The number of carboxylic acid groups (broad SMARTS) is 1. The van der Waals surface area contributed by atoms with E-state index in [-0.39, 0.29) is 24.3 Å². The van der Waals surface area contributed by atoms with E-state index in [1.165, 1.54) is 6.42 Å². The molecule has 0 aromatic rings. The molecule has 2 rings (SSSR count). The second kappa shape index (κ2) is 7.62. The Hall–Kier alpha value is -1.10. The molecule has 2 fully saturated rings. The Kier molecular flexibility index (Phi) is 5.83. The highest BCUT2D eigenvalue weighted by Gasteiger charge is 2.30. The smallest absolute Gasteiger partial charge is 0.308 e. The first-order valence-electron chi connectivity index (χ1n) is 7.76. The third kappa shape index (κ3) is 4.20. The molecule has 20 heavy (non-hydrogen) atoms. The van der Waals surface area contributed by atoms with Gasteiger partial charge in [0.1, 0.15) is 0 Å². The van der Waals surface area contributed by atoms with Crippen molar-refractivity contribution in [1.82, 2.24) is 5.32 Å². The van der Waals surface area contributed by atoms with Gasteiger partial charge in [-0.1, -0.05) is 19.3 Å². The molecule has 2 aliphatic rings. The van der Waals surface area contributed by atoms with Crippen LogP contribution in [0, 0.1) is 17.8 Å². The fourth-order valence-electron chi connectivity index (χ4n) is 3.31. The Balaban J connectivity index is 1.81. The topological polar surface area (TPSA) is 75.6 Å². The summed E-state index contributed by atoms with van der Waals surface area (Å²) in [7, 11) is 0. The molecule has 0 aromatic heterocycles. The Morgan fingerprint density at radius 1 is 1.10 bits per heavy atom. The Morgan fingerprint density at radius 2 is 1.75 bits per heavy atom. The molecule has 2 N–H and O–H groups in total. The maximum atomic E-state index is 12.0. The second-order valence-electron chi connectivity index (χ2n) is 5.97. The quantitative estimate of drug-likeness (QED) is 0.807. The minimum Gasteiger partial charge on any atom is -0.481 e. The number of nitrogens with one attached hydrogen (secondary N) is 1. The van der Waals surface area contributed by atoms with Gasteiger partial charge in [-0.2, -0.15) is 0 Å². The van der Waals surface area contributed by atoms with E-state index >= 15 is 0 Å². The number of carbonyl (C=O) groups is 2.